The Bertz CT molecular complexity index is 924. The minimum absolute atomic E-state index is 0.186. The predicted octanol–water partition coefficient (Wildman–Crippen LogP) is 3.22. The van der Waals surface area contributed by atoms with Gasteiger partial charge in [0, 0.05) is 24.6 Å². The van der Waals surface area contributed by atoms with Crippen LogP contribution in [0.3, 0.4) is 0 Å². The molecule has 2 aromatic heterocycles. The molecule has 0 aliphatic carbocycles. The van der Waals surface area contributed by atoms with Crippen LogP contribution in [0.1, 0.15) is 39.0 Å². The van der Waals surface area contributed by atoms with Crippen molar-refractivity contribution in [3.8, 4) is 0 Å². The van der Waals surface area contributed by atoms with E-state index in [2.05, 4.69) is 27.5 Å². The molecule has 6 heteroatoms. The number of hydrogen-bond acceptors (Lipinski definition) is 4. The number of rotatable bonds is 6. The lowest BCUT2D eigenvalue weighted by molar-refractivity contribution is 0.0945. The van der Waals surface area contributed by atoms with Gasteiger partial charge in [0.2, 0.25) is 0 Å². The van der Waals surface area contributed by atoms with Gasteiger partial charge in [0.1, 0.15) is 11.4 Å². The first-order valence-corrected chi connectivity index (χ1v) is 8.70. The van der Waals surface area contributed by atoms with E-state index in [-0.39, 0.29) is 23.2 Å². The van der Waals surface area contributed by atoms with Crippen LogP contribution in [-0.2, 0) is 13.0 Å². The van der Waals surface area contributed by atoms with Crippen molar-refractivity contribution < 1.29 is 9.59 Å². The monoisotopic (exact) mass is 360 g/mol. The third-order valence-corrected chi connectivity index (χ3v) is 4.04. The molecule has 0 saturated heterocycles. The van der Waals surface area contributed by atoms with Gasteiger partial charge in [0.25, 0.3) is 11.8 Å². The number of carbonyl (C=O) groups is 2. The maximum atomic E-state index is 12.4. The van der Waals surface area contributed by atoms with Crippen molar-refractivity contribution in [2.45, 2.75) is 19.9 Å². The third kappa shape index (κ3) is 4.98. The van der Waals surface area contributed by atoms with Crippen LogP contribution < -0.4 is 10.6 Å². The number of benzene rings is 1. The van der Waals surface area contributed by atoms with E-state index in [4.69, 9.17) is 0 Å². The van der Waals surface area contributed by atoms with Gasteiger partial charge < -0.3 is 10.6 Å². The third-order valence-electron chi connectivity index (χ3n) is 4.04. The summed E-state index contributed by atoms with van der Waals surface area (Å²) in [5.74, 6) is -0.697. The lowest BCUT2D eigenvalue weighted by atomic mass is 10.1. The van der Waals surface area contributed by atoms with Crippen LogP contribution in [-0.4, -0.2) is 21.8 Å². The van der Waals surface area contributed by atoms with E-state index in [0.29, 0.717) is 12.2 Å². The molecule has 0 fully saturated rings. The molecule has 27 heavy (non-hydrogen) atoms. The number of anilines is 1. The molecule has 2 amide bonds. The fraction of sp³-hybridized carbons (Fsp3) is 0.143. The molecule has 0 aliphatic heterocycles. The minimum Gasteiger partial charge on any atom is -0.347 e. The number of aryl methyl sites for hydroxylation is 1. The zero-order chi connectivity index (χ0) is 19.1. The molecule has 136 valence electrons. The van der Waals surface area contributed by atoms with Crippen LogP contribution in [0, 0.1) is 0 Å². The molecule has 1 aromatic carbocycles. The molecule has 3 aromatic rings. The number of nitrogens with zero attached hydrogens (tertiary/aromatic N) is 2. The fourth-order valence-electron chi connectivity index (χ4n) is 2.48. The Morgan fingerprint density at radius 2 is 1.52 bits per heavy atom. The summed E-state index contributed by atoms with van der Waals surface area (Å²) in [7, 11) is 0. The molecule has 0 saturated carbocycles. The smallest absolute Gasteiger partial charge is 0.274 e. The Morgan fingerprint density at radius 3 is 2.19 bits per heavy atom. The lowest BCUT2D eigenvalue weighted by Crippen LogP contribution is -2.25. The molecule has 0 aliphatic rings. The summed E-state index contributed by atoms with van der Waals surface area (Å²) in [5, 5.41) is 5.58. The van der Waals surface area contributed by atoms with Gasteiger partial charge in [0.05, 0.1) is 0 Å². The highest BCUT2D eigenvalue weighted by Crippen LogP contribution is 2.11. The molecular formula is C21H20N4O2. The molecule has 2 N–H and O–H groups in total. The summed E-state index contributed by atoms with van der Waals surface area (Å²) in [5.41, 5.74) is 3.19. The van der Waals surface area contributed by atoms with Crippen LogP contribution in [0.15, 0.2) is 67.0 Å². The van der Waals surface area contributed by atoms with Gasteiger partial charge in [-0.15, -0.1) is 0 Å². The molecule has 3 rings (SSSR count). The average molecular weight is 360 g/mol. The number of amides is 2. The molecule has 2 heterocycles. The van der Waals surface area contributed by atoms with E-state index < -0.39 is 0 Å². The van der Waals surface area contributed by atoms with Gasteiger partial charge in [-0.2, -0.15) is 0 Å². The highest BCUT2D eigenvalue weighted by molar-refractivity contribution is 6.03. The van der Waals surface area contributed by atoms with Crippen molar-refractivity contribution in [1.29, 1.82) is 0 Å². The zero-order valence-electron chi connectivity index (χ0n) is 15.0. The van der Waals surface area contributed by atoms with E-state index in [0.717, 1.165) is 12.0 Å². The summed E-state index contributed by atoms with van der Waals surface area (Å²) in [6.45, 7) is 2.44. The molecule has 0 unspecified atom stereocenters. The Morgan fingerprint density at radius 1 is 0.852 bits per heavy atom. The van der Waals surface area contributed by atoms with Gasteiger partial charge in [-0.1, -0.05) is 25.1 Å². The van der Waals surface area contributed by atoms with E-state index in [9.17, 15) is 9.59 Å². The number of carbonyl (C=O) groups excluding carboxylic acids is 2. The maximum absolute atomic E-state index is 12.4. The van der Waals surface area contributed by atoms with Crippen molar-refractivity contribution in [3.63, 3.8) is 0 Å². The number of hydrogen-bond donors (Lipinski definition) is 2. The van der Waals surface area contributed by atoms with Crippen LogP contribution in [0.2, 0.25) is 0 Å². The molecule has 0 atom stereocenters. The fourth-order valence-corrected chi connectivity index (χ4v) is 2.48. The van der Waals surface area contributed by atoms with Gasteiger partial charge in [-0.25, -0.2) is 4.98 Å². The van der Waals surface area contributed by atoms with Crippen molar-refractivity contribution in [2.24, 2.45) is 0 Å². The SMILES string of the molecule is CCc1ccc(NC(=O)c2cccc(C(=O)NCc3ccncc3)n2)cc1. The second-order valence-electron chi connectivity index (χ2n) is 5.95. The quantitative estimate of drug-likeness (QED) is 0.707. The highest BCUT2D eigenvalue weighted by Gasteiger charge is 2.12. The van der Waals surface area contributed by atoms with Gasteiger partial charge in [0.15, 0.2) is 0 Å². The van der Waals surface area contributed by atoms with E-state index in [1.165, 1.54) is 5.56 Å². The summed E-state index contributed by atoms with van der Waals surface area (Å²) < 4.78 is 0. The first-order chi connectivity index (χ1) is 13.2. The van der Waals surface area contributed by atoms with Crippen molar-refractivity contribution >= 4 is 17.5 Å². The second kappa shape index (κ2) is 8.71. The molecule has 0 radical (unpaired) electrons. The van der Waals surface area contributed by atoms with Crippen LogP contribution in [0.4, 0.5) is 5.69 Å². The Kier molecular flexibility index (Phi) is 5.89. The Hall–Kier alpha value is -3.54. The first kappa shape index (κ1) is 18.3. The molecular weight excluding hydrogens is 340 g/mol. The molecule has 0 spiro atoms. The van der Waals surface area contributed by atoms with Gasteiger partial charge in [-0.05, 0) is 53.9 Å². The van der Waals surface area contributed by atoms with Crippen molar-refractivity contribution in [2.75, 3.05) is 5.32 Å². The van der Waals surface area contributed by atoms with Crippen LogP contribution in [0.25, 0.3) is 0 Å². The van der Waals surface area contributed by atoms with E-state index >= 15 is 0 Å². The Balaban J connectivity index is 1.64. The lowest BCUT2D eigenvalue weighted by Gasteiger charge is -2.08. The van der Waals surface area contributed by atoms with Crippen molar-refractivity contribution in [3.05, 3.63) is 89.5 Å². The topological polar surface area (TPSA) is 84.0 Å². The summed E-state index contributed by atoms with van der Waals surface area (Å²) >= 11 is 0. The van der Waals surface area contributed by atoms with E-state index in [1.54, 1.807) is 30.6 Å². The summed E-state index contributed by atoms with van der Waals surface area (Å²) in [4.78, 5) is 32.8. The average Bonchev–Trinajstić information content (AvgIpc) is 2.73. The van der Waals surface area contributed by atoms with Crippen LogP contribution >= 0.6 is 0 Å². The van der Waals surface area contributed by atoms with Crippen LogP contribution in [0.5, 0.6) is 0 Å². The zero-order valence-corrected chi connectivity index (χ0v) is 15.0. The highest BCUT2D eigenvalue weighted by atomic mass is 16.2. The van der Waals surface area contributed by atoms with E-state index in [1.807, 2.05) is 36.4 Å². The molecule has 0 bridgehead atoms. The largest absolute Gasteiger partial charge is 0.347 e. The normalized spacial score (nSPS) is 10.3. The van der Waals surface area contributed by atoms with Gasteiger partial charge in [-0.3, -0.25) is 14.6 Å². The first-order valence-electron chi connectivity index (χ1n) is 8.70. The number of pyridine rings is 2. The number of aromatic nitrogens is 2. The Labute approximate surface area is 157 Å². The maximum Gasteiger partial charge on any atom is 0.274 e. The summed E-state index contributed by atoms with van der Waals surface area (Å²) in [6.07, 6.45) is 4.27. The van der Waals surface area contributed by atoms with Gasteiger partial charge >= 0.3 is 0 Å². The number of nitrogens with one attached hydrogen (secondary N) is 2. The summed E-state index contributed by atoms with van der Waals surface area (Å²) in [6, 6.07) is 16.1. The van der Waals surface area contributed by atoms with Crippen molar-refractivity contribution in [1.82, 2.24) is 15.3 Å². The predicted molar refractivity (Wildman–Crippen MR) is 103 cm³/mol. The minimum atomic E-state index is -0.358. The molecule has 6 nitrogen and oxygen atoms in total. The standard InChI is InChI=1S/C21H20N4O2/c1-2-15-6-8-17(9-7-15)24-21(27)19-5-3-4-18(25-19)20(26)23-14-16-10-12-22-13-11-16/h3-13H,2,14H2,1H3,(H,23,26)(H,24,27). The second-order valence-corrected chi connectivity index (χ2v) is 5.95.